The van der Waals surface area contributed by atoms with Crippen LogP contribution in [0.4, 0.5) is 5.69 Å². The molecule has 0 saturated heterocycles. The summed E-state index contributed by atoms with van der Waals surface area (Å²) >= 11 is 3.50. The van der Waals surface area contributed by atoms with Crippen LogP contribution >= 0.6 is 15.9 Å². The number of carbonyl (C=O) groups excluding carboxylic acids is 1. The van der Waals surface area contributed by atoms with E-state index in [4.69, 9.17) is 0 Å². The van der Waals surface area contributed by atoms with E-state index >= 15 is 0 Å². The van der Waals surface area contributed by atoms with E-state index in [2.05, 4.69) is 52.5 Å². The lowest BCUT2D eigenvalue weighted by Gasteiger charge is -2.30. The quantitative estimate of drug-likeness (QED) is 0.0931. The maximum atomic E-state index is 13.5. The average molecular weight is 769 g/mol. The van der Waals surface area contributed by atoms with Crippen LogP contribution in [0.1, 0.15) is 61.7 Å². The summed E-state index contributed by atoms with van der Waals surface area (Å²) in [7, 11) is 0. The minimum atomic E-state index is -1.68. The van der Waals surface area contributed by atoms with Crippen LogP contribution in [-0.4, -0.2) is 85.2 Å². The number of guanidine groups is 1. The molecule has 16 heteroatoms. The number of carboxylic acids is 1. The Bertz CT molecular complexity index is 1930. The number of carbonyl (C=O) groups is 2. The number of phenols is 1. The zero-order valence-electron chi connectivity index (χ0n) is 28.1. The number of halogens is 1. The lowest BCUT2D eigenvalue weighted by molar-refractivity contribution is -0.142. The summed E-state index contributed by atoms with van der Waals surface area (Å²) in [6.45, 7) is 5.97. The molecular formula is C35H42BrN7O8. The van der Waals surface area contributed by atoms with Crippen LogP contribution in [0.15, 0.2) is 70.1 Å². The molecule has 1 aromatic heterocycles. The first kappa shape index (κ1) is 37.5. The SMILES string of the molecule is CC(C)(C)c1cc(Br)cc(C(NC(=O)CNC(O)c2cc(O)cc(NC3=NCC(O)CN3)c2)C(NC(O)c2[nH]c3ccccc3c2O)C(=O)O)c1. The van der Waals surface area contributed by atoms with Gasteiger partial charge in [0.2, 0.25) is 5.91 Å². The molecule has 12 N–H and O–H groups in total. The lowest BCUT2D eigenvalue weighted by atomic mass is 9.84. The Hall–Kier alpha value is -4.71. The van der Waals surface area contributed by atoms with E-state index in [0.29, 0.717) is 32.6 Å². The standard InChI is InChI=1S/C35H42BrN7O8/c1-35(2,3)19-8-17(9-20(36)12-19)27(28(33(50)51)43-32(49)29-30(47)24-6-4-5-7-25(24)41-29)42-26(46)16-37-31(48)18-10-21(13-22(44)11-18)40-34-38-14-23(45)15-39-34/h4-13,23,27-28,31-32,37,41,43-45,47-49H,14-16H2,1-3H3,(H,42,46)(H,50,51)(H2,38,39,40). The Balaban J connectivity index is 1.37. The molecular weight excluding hydrogens is 726 g/mol. The number of aromatic nitrogens is 1. The van der Waals surface area contributed by atoms with Crippen molar-refractivity contribution in [2.24, 2.45) is 4.99 Å². The summed E-state index contributed by atoms with van der Waals surface area (Å²) in [6.07, 6.45) is -3.72. The molecule has 0 saturated carbocycles. The van der Waals surface area contributed by atoms with Crippen LogP contribution in [-0.2, 0) is 15.0 Å². The van der Waals surface area contributed by atoms with Crippen LogP contribution < -0.4 is 26.6 Å². The normalized spacial score (nSPS) is 17.2. The minimum absolute atomic E-state index is 0.0501. The number of aliphatic carboxylic acids is 1. The highest BCUT2D eigenvalue weighted by atomic mass is 79.9. The van der Waals surface area contributed by atoms with Gasteiger partial charge in [-0.25, -0.2) is 0 Å². The van der Waals surface area contributed by atoms with Crippen molar-refractivity contribution in [2.45, 2.75) is 56.8 Å². The van der Waals surface area contributed by atoms with Crippen molar-refractivity contribution in [1.82, 2.24) is 26.3 Å². The largest absolute Gasteiger partial charge is 0.508 e. The number of para-hydroxylation sites is 1. The molecule has 1 amide bonds. The van der Waals surface area contributed by atoms with Gasteiger partial charge in [-0.2, -0.15) is 0 Å². The van der Waals surface area contributed by atoms with Gasteiger partial charge in [-0.15, -0.1) is 0 Å². The number of aliphatic hydroxyl groups excluding tert-OH is 3. The second-order valence-corrected chi connectivity index (χ2v) is 14.2. The van der Waals surface area contributed by atoms with E-state index in [9.17, 15) is 40.2 Å². The number of amides is 1. The van der Waals surface area contributed by atoms with E-state index in [1.807, 2.05) is 26.8 Å². The van der Waals surface area contributed by atoms with Crippen molar-refractivity contribution in [2.75, 3.05) is 25.0 Å². The molecule has 1 aliphatic rings. The number of nitrogens with zero attached hydrogens (tertiary/aromatic N) is 1. The summed E-state index contributed by atoms with van der Waals surface area (Å²) in [5.41, 5.74) is 1.98. The smallest absolute Gasteiger partial charge is 0.323 e. The minimum Gasteiger partial charge on any atom is -0.508 e. The predicted octanol–water partition coefficient (Wildman–Crippen LogP) is 2.54. The number of anilines is 1. The number of fused-ring (bicyclic) bond motifs is 1. The van der Waals surface area contributed by atoms with E-state index in [0.717, 1.165) is 5.56 Å². The van der Waals surface area contributed by atoms with Crippen molar-refractivity contribution in [1.29, 1.82) is 0 Å². The van der Waals surface area contributed by atoms with Gasteiger partial charge in [-0.05, 0) is 52.9 Å². The summed E-state index contributed by atoms with van der Waals surface area (Å²) in [5.74, 6) is -2.13. The molecule has 5 unspecified atom stereocenters. The molecule has 5 rings (SSSR count). The zero-order chi connectivity index (χ0) is 37.0. The van der Waals surface area contributed by atoms with Gasteiger partial charge < -0.3 is 51.6 Å². The van der Waals surface area contributed by atoms with E-state index in [-0.39, 0.29) is 41.3 Å². The molecule has 1 aliphatic heterocycles. The highest BCUT2D eigenvalue weighted by molar-refractivity contribution is 9.10. The third-order valence-electron chi connectivity index (χ3n) is 8.32. The fourth-order valence-corrected chi connectivity index (χ4v) is 6.15. The van der Waals surface area contributed by atoms with Crippen LogP contribution in [0.2, 0.25) is 0 Å². The number of H-pyrrole nitrogens is 1. The second-order valence-electron chi connectivity index (χ2n) is 13.3. The van der Waals surface area contributed by atoms with E-state index in [1.165, 1.54) is 18.2 Å². The summed E-state index contributed by atoms with van der Waals surface area (Å²) in [6, 6.07) is 13.5. The summed E-state index contributed by atoms with van der Waals surface area (Å²) in [4.78, 5) is 33.4. The number of β-amino-alcohol motifs (C(OH)–C–C–N with tert-alkyl or cyclic N) is 1. The number of aromatic hydroxyl groups is 2. The molecule has 272 valence electrons. The maximum absolute atomic E-state index is 13.5. The topological polar surface area (TPSA) is 244 Å². The van der Waals surface area contributed by atoms with Crippen LogP contribution in [0, 0.1) is 0 Å². The van der Waals surface area contributed by atoms with Crippen molar-refractivity contribution < 1.29 is 40.2 Å². The van der Waals surface area contributed by atoms with Gasteiger partial charge >= 0.3 is 5.97 Å². The third-order valence-corrected chi connectivity index (χ3v) is 8.78. The highest BCUT2D eigenvalue weighted by Crippen LogP contribution is 2.34. The number of nitrogens with one attached hydrogen (secondary N) is 6. The van der Waals surface area contributed by atoms with Crippen molar-refractivity contribution in [3.8, 4) is 11.5 Å². The first-order valence-electron chi connectivity index (χ1n) is 16.1. The first-order valence-corrected chi connectivity index (χ1v) is 16.9. The molecule has 51 heavy (non-hydrogen) atoms. The van der Waals surface area contributed by atoms with Gasteiger partial charge in [0.1, 0.15) is 35.7 Å². The Morgan fingerprint density at radius 2 is 1.76 bits per heavy atom. The van der Waals surface area contributed by atoms with Crippen LogP contribution in [0.5, 0.6) is 11.5 Å². The highest BCUT2D eigenvalue weighted by Gasteiger charge is 2.35. The number of aliphatic imine (C=N–C) groups is 1. The fourth-order valence-electron chi connectivity index (χ4n) is 5.64. The van der Waals surface area contributed by atoms with Gasteiger partial charge in [0.05, 0.1) is 25.2 Å². The van der Waals surface area contributed by atoms with E-state index < -0.39 is 49.1 Å². The van der Waals surface area contributed by atoms with Crippen LogP contribution in [0.3, 0.4) is 0 Å². The molecule has 0 fully saturated rings. The molecule has 4 aromatic rings. The van der Waals surface area contributed by atoms with Gasteiger partial charge in [0.15, 0.2) is 5.96 Å². The molecule has 15 nitrogen and oxygen atoms in total. The Morgan fingerprint density at radius 3 is 2.43 bits per heavy atom. The summed E-state index contributed by atoms with van der Waals surface area (Å²) < 4.78 is 0.634. The zero-order valence-corrected chi connectivity index (χ0v) is 29.7. The van der Waals surface area contributed by atoms with Gasteiger partial charge in [0, 0.05) is 39.2 Å². The molecule has 2 heterocycles. The van der Waals surface area contributed by atoms with Crippen molar-refractivity contribution in [3.05, 3.63) is 87.5 Å². The molecule has 3 aromatic carbocycles. The average Bonchev–Trinajstić information content (AvgIpc) is 3.41. The van der Waals surface area contributed by atoms with Gasteiger partial charge in [0.25, 0.3) is 0 Å². The number of carboxylic acid groups (broad SMARTS) is 1. The van der Waals surface area contributed by atoms with E-state index in [1.54, 1.807) is 36.4 Å². The monoisotopic (exact) mass is 767 g/mol. The molecule has 5 atom stereocenters. The first-order chi connectivity index (χ1) is 24.1. The second kappa shape index (κ2) is 15.7. The number of benzene rings is 3. The number of phenolic OH excluding ortho intramolecular Hbond substituents is 1. The molecule has 0 bridgehead atoms. The molecule has 0 spiro atoms. The summed E-state index contributed by atoms with van der Waals surface area (Å²) in [5, 5.41) is 77.7. The number of rotatable bonds is 12. The fraction of sp³-hybridized carbons (Fsp3) is 0.343. The maximum Gasteiger partial charge on any atom is 0.323 e. The lowest BCUT2D eigenvalue weighted by Crippen LogP contribution is -2.51. The third kappa shape index (κ3) is 9.35. The molecule has 0 aliphatic carbocycles. The Labute approximate surface area is 302 Å². The molecule has 0 radical (unpaired) electrons. The Morgan fingerprint density at radius 1 is 1.02 bits per heavy atom. The van der Waals surface area contributed by atoms with Gasteiger partial charge in [-0.1, -0.05) is 54.9 Å². The van der Waals surface area contributed by atoms with Crippen molar-refractivity contribution >= 4 is 50.4 Å². The number of aliphatic hydroxyl groups is 3. The number of aromatic amines is 1. The van der Waals surface area contributed by atoms with Crippen LogP contribution in [0.25, 0.3) is 10.9 Å². The number of hydrogen-bond donors (Lipinski definition) is 12. The number of hydrogen-bond acceptors (Lipinski definition) is 12. The van der Waals surface area contributed by atoms with Crippen molar-refractivity contribution in [3.63, 3.8) is 0 Å². The predicted molar refractivity (Wildman–Crippen MR) is 194 cm³/mol. The Kier molecular flexibility index (Phi) is 11.5. The van der Waals surface area contributed by atoms with Gasteiger partial charge in [-0.3, -0.25) is 25.2 Å².